The van der Waals surface area contributed by atoms with Crippen LogP contribution in [0.25, 0.3) is 5.70 Å². The molecule has 3 aliphatic rings. The molecule has 1 unspecified atom stereocenters. The Hall–Kier alpha value is -2.82. The Kier molecular flexibility index (Phi) is 5.03. The van der Waals surface area contributed by atoms with Gasteiger partial charge >= 0.3 is 0 Å². The topological polar surface area (TPSA) is 101 Å². The van der Waals surface area contributed by atoms with Gasteiger partial charge in [0.25, 0.3) is 10.0 Å². The quantitative estimate of drug-likeness (QED) is 0.741. The molecule has 1 aliphatic carbocycles. The lowest BCUT2D eigenvalue weighted by molar-refractivity contribution is 0.369. The second kappa shape index (κ2) is 7.65. The van der Waals surface area contributed by atoms with Crippen molar-refractivity contribution in [1.29, 1.82) is 0 Å². The van der Waals surface area contributed by atoms with Crippen LogP contribution in [0.1, 0.15) is 29.2 Å². The van der Waals surface area contributed by atoms with Crippen molar-refractivity contribution < 1.29 is 13.2 Å². The number of nitrogens with two attached hydrogens (primary N) is 1. The fraction of sp³-hybridized carbons (Fsp3) is 0.273. The van der Waals surface area contributed by atoms with Gasteiger partial charge in [0.05, 0.1) is 12.8 Å². The summed E-state index contributed by atoms with van der Waals surface area (Å²) >= 11 is 0.992. The molecule has 0 fully saturated rings. The van der Waals surface area contributed by atoms with E-state index in [4.69, 9.17) is 14.9 Å². The van der Waals surface area contributed by atoms with Gasteiger partial charge in [-0.3, -0.25) is 0 Å². The number of aryl methyl sites for hydroxylation is 1. The van der Waals surface area contributed by atoms with Crippen molar-refractivity contribution in [3.05, 3.63) is 64.7 Å². The van der Waals surface area contributed by atoms with Gasteiger partial charge in [0, 0.05) is 25.3 Å². The van der Waals surface area contributed by atoms with Gasteiger partial charge in [0.2, 0.25) is 4.38 Å². The fourth-order valence-electron chi connectivity index (χ4n) is 4.27. The molecule has 2 N–H and O–H groups in total. The number of benzene rings is 2. The number of hydrogen-bond donors (Lipinski definition) is 1. The molecule has 2 aliphatic heterocycles. The predicted molar refractivity (Wildman–Crippen MR) is 129 cm³/mol. The highest BCUT2D eigenvalue weighted by molar-refractivity contribution is 8.42. The number of amidine groups is 1. The van der Waals surface area contributed by atoms with E-state index in [2.05, 4.69) is 29.4 Å². The Morgan fingerprint density at radius 1 is 1.16 bits per heavy atom. The molecule has 0 amide bonds. The van der Waals surface area contributed by atoms with E-state index in [9.17, 15) is 8.42 Å². The zero-order chi connectivity index (χ0) is 22.6. The summed E-state index contributed by atoms with van der Waals surface area (Å²) in [6.45, 7) is 0. The van der Waals surface area contributed by atoms with Crippen LogP contribution in [0.4, 0.5) is 5.69 Å². The molecular weight excluding hydrogens is 446 g/mol. The second-order valence-corrected chi connectivity index (χ2v) is 10.7. The molecule has 0 radical (unpaired) electrons. The lowest BCUT2D eigenvalue weighted by atomic mass is 9.83. The van der Waals surface area contributed by atoms with Gasteiger partial charge in [-0.25, -0.2) is 23.6 Å². The maximum Gasteiger partial charge on any atom is 0.264 e. The van der Waals surface area contributed by atoms with Gasteiger partial charge in [0.15, 0.2) is 5.17 Å². The summed E-state index contributed by atoms with van der Waals surface area (Å²) in [7, 11) is 1.70. The molecule has 0 saturated heterocycles. The number of rotatable bonds is 3. The van der Waals surface area contributed by atoms with Crippen LogP contribution in [0.2, 0.25) is 0 Å². The molecule has 2 aromatic carbocycles. The van der Waals surface area contributed by atoms with Crippen molar-refractivity contribution in [1.82, 2.24) is 5.01 Å². The lowest BCUT2D eigenvalue weighted by Gasteiger charge is -2.36. The number of primary sulfonamides is 1. The minimum absolute atomic E-state index is 0.138. The summed E-state index contributed by atoms with van der Waals surface area (Å²) in [5.74, 6) is 0.809. The van der Waals surface area contributed by atoms with Crippen LogP contribution in [-0.4, -0.2) is 44.2 Å². The molecule has 2 aromatic rings. The smallest absolute Gasteiger partial charge is 0.264 e. The number of nitrogens with zero attached hydrogens (tertiary/aromatic N) is 4. The number of thioether (sulfide) groups is 1. The van der Waals surface area contributed by atoms with E-state index in [1.54, 1.807) is 12.1 Å². The highest BCUT2D eigenvalue weighted by atomic mass is 32.3. The molecule has 0 bridgehead atoms. The van der Waals surface area contributed by atoms with Gasteiger partial charge in [-0.1, -0.05) is 12.1 Å². The first-order valence-electron chi connectivity index (χ1n) is 10.1. The zero-order valence-corrected chi connectivity index (χ0v) is 19.6. The summed E-state index contributed by atoms with van der Waals surface area (Å²) in [5, 5.41) is 12.0. The monoisotopic (exact) mass is 469 g/mol. The molecule has 1 atom stereocenters. The minimum atomic E-state index is -3.94. The van der Waals surface area contributed by atoms with Crippen LogP contribution in [0, 0.1) is 0 Å². The fourth-order valence-corrected chi connectivity index (χ4v) is 5.82. The first-order chi connectivity index (χ1) is 15.3. The van der Waals surface area contributed by atoms with E-state index in [-0.39, 0.29) is 10.4 Å². The summed E-state index contributed by atoms with van der Waals surface area (Å²) < 4.78 is 29.3. The van der Waals surface area contributed by atoms with Crippen LogP contribution in [0.15, 0.2) is 58.1 Å². The average molecular weight is 470 g/mol. The van der Waals surface area contributed by atoms with Crippen molar-refractivity contribution in [3.63, 3.8) is 0 Å². The van der Waals surface area contributed by atoms with E-state index >= 15 is 0 Å². The summed E-state index contributed by atoms with van der Waals surface area (Å²) in [6.07, 6.45) is 1.63. The molecule has 166 valence electrons. The number of methoxy groups -OCH3 is 1. The molecule has 5 rings (SSSR count). The molecule has 32 heavy (non-hydrogen) atoms. The van der Waals surface area contributed by atoms with E-state index in [0.29, 0.717) is 5.17 Å². The number of hydrazone groups is 1. The van der Waals surface area contributed by atoms with Crippen molar-refractivity contribution in [3.8, 4) is 5.75 Å². The Morgan fingerprint density at radius 3 is 2.56 bits per heavy atom. The van der Waals surface area contributed by atoms with Gasteiger partial charge in [-0.15, -0.1) is 5.10 Å². The van der Waals surface area contributed by atoms with Gasteiger partial charge in [-0.2, -0.15) is 0 Å². The van der Waals surface area contributed by atoms with Gasteiger partial charge < -0.3 is 9.64 Å². The SMILES string of the molecule is COc1ccc2c(c1)CCC1=C2N=C2SC(S(N)(=O)=O)=NN2C1c1ccc(N(C)C)cc1. The van der Waals surface area contributed by atoms with Crippen LogP contribution < -0.4 is 14.8 Å². The van der Waals surface area contributed by atoms with E-state index in [1.807, 2.05) is 37.2 Å². The van der Waals surface area contributed by atoms with Crippen molar-refractivity contribution in [2.45, 2.75) is 18.9 Å². The average Bonchev–Trinajstić information content (AvgIpc) is 3.21. The Balaban J connectivity index is 1.67. The number of sulfonamides is 1. The third-order valence-corrected chi connectivity index (χ3v) is 8.08. The summed E-state index contributed by atoms with van der Waals surface area (Å²) in [5.41, 5.74) is 6.30. The first-order valence-corrected chi connectivity index (χ1v) is 12.5. The molecule has 8 nitrogen and oxygen atoms in total. The van der Waals surface area contributed by atoms with Gasteiger partial charge in [-0.05, 0) is 71.6 Å². The highest BCUT2D eigenvalue weighted by Crippen LogP contribution is 2.48. The standard InChI is InChI=1S/C22H23N5O3S2/c1-26(2)15-7-4-13(5-8-15)20-18-10-6-14-12-16(30-3)9-11-17(14)19(18)24-21-27(20)25-22(31-21)32(23,28)29/h4-5,7-9,11-12,20H,6,10H2,1-3H3,(H2,23,28,29). The molecule has 0 saturated carbocycles. The molecule has 0 spiro atoms. The van der Waals surface area contributed by atoms with E-state index in [0.717, 1.165) is 64.0 Å². The number of hydrogen-bond acceptors (Lipinski definition) is 8. The van der Waals surface area contributed by atoms with E-state index < -0.39 is 10.0 Å². The zero-order valence-electron chi connectivity index (χ0n) is 17.9. The van der Waals surface area contributed by atoms with Crippen LogP contribution in [0.3, 0.4) is 0 Å². The summed E-state index contributed by atoms with van der Waals surface area (Å²) in [4.78, 5) is 6.89. The highest BCUT2D eigenvalue weighted by Gasteiger charge is 2.42. The maximum atomic E-state index is 12.0. The molecular formula is C22H23N5O3S2. The van der Waals surface area contributed by atoms with Crippen LogP contribution >= 0.6 is 11.8 Å². The largest absolute Gasteiger partial charge is 0.497 e. The van der Waals surface area contributed by atoms with E-state index in [1.165, 1.54) is 0 Å². The predicted octanol–water partition coefficient (Wildman–Crippen LogP) is 3.14. The summed E-state index contributed by atoms with van der Waals surface area (Å²) in [6, 6.07) is 14.0. The number of fused-ring (bicyclic) bond motifs is 3. The first kappa shape index (κ1) is 21.0. The van der Waals surface area contributed by atoms with Crippen molar-refractivity contribution in [2.75, 3.05) is 26.1 Å². The molecule has 2 heterocycles. The maximum absolute atomic E-state index is 12.0. The molecule has 10 heteroatoms. The van der Waals surface area contributed by atoms with Crippen molar-refractivity contribution >= 4 is 42.7 Å². The van der Waals surface area contributed by atoms with Crippen molar-refractivity contribution in [2.24, 2.45) is 15.2 Å². The Labute approximate surface area is 191 Å². The second-order valence-electron chi connectivity index (χ2n) is 8.04. The Bertz CT molecular complexity index is 1300. The van der Waals surface area contributed by atoms with Crippen LogP contribution in [-0.2, 0) is 16.4 Å². The Morgan fingerprint density at radius 2 is 1.91 bits per heavy atom. The third-order valence-electron chi connectivity index (χ3n) is 5.85. The normalized spacial score (nSPS) is 19.6. The molecule has 0 aromatic heterocycles. The number of ether oxygens (including phenoxy) is 1. The minimum Gasteiger partial charge on any atom is -0.497 e. The van der Waals surface area contributed by atoms with Crippen LogP contribution in [0.5, 0.6) is 5.75 Å². The number of anilines is 1. The number of aliphatic imine (C=N–C) groups is 1. The van der Waals surface area contributed by atoms with Gasteiger partial charge in [0.1, 0.15) is 11.8 Å². The third kappa shape index (κ3) is 3.48. The lowest BCUT2D eigenvalue weighted by Crippen LogP contribution is -2.32.